The number of carbonyl (C=O) groups excluding carboxylic acids is 1. The normalized spacial score (nSPS) is 14.1. The van der Waals surface area contributed by atoms with Gasteiger partial charge < -0.3 is 20.5 Å². The fraction of sp³-hybridized carbons (Fsp3) is 0.588. The molecular weight excluding hydrogens is 280 g/mol. The lowest BCUT2D eigenvalue weighted by Gasteiger charge is -2.31. The Morgan fingerprint density at radius 3 is 2.41 bits per heavy atom. The highest BCUT2D eigenvalue weighted by Crippen LogP contribution is 2.31. The van der Waals surface area contributed by atoms with Crippen LogP contribution in [0.4, 0.5) is 4.79 Å². The van der Waals surface area contributed by atoms with Gasteiger partial charge in [0.05, 0.1) is 7.11 Å². The van der Waals surface area contributed by atoms with E-state index in [0.29, 0.717) is 13.1 Å². The second-order valence-corrected chi connectivity index (χ2v) is 6.82. The first-order valence-electron chi connectivity index (χ1n) is 7.43. The Bertz CT molecular complexity index is 523. The number of hydrogen-bond acceptors (Lipinski definition) is 4. The summed E-state index contributed by atoms with van der Waals surface area (Å²) in [5.41, 5.74) is 7.12. The number of nitrogens with one attached hydrogen (secondary N) is 1. The van der Waals surface area contributed by atoms with Gasteiger partial charge in [-0.3, -0.25) is 0 Å². The van der Waals surface area contributed by atoms with Gasteiger partial charge >= 0.3 is 6.09 Å². The van der Waals surface area contributed by atoms with E-state index in [0.717, 1.165) is 16.9 Å². The Hall–Kier alpha value is -1.75. The molecule has 0 radical (unpaired) electrons. The van der Waals surface area contributed by atoms with E-state index in [2.05, 4.69) is 5.32 Å². The molecular formula is C17H28N2O3. The smallest absolute Gasteiger partial charge is 0.407 e. The van der Waals surface area contributed by atoms with Gasteiger partial charge in [0.25, 0.3) is 0 Å². The largest absolute Gasteiger partial charge is 0.496 e. The number of aryl methyl sites for hydroxylation is 1. The molecule has 0 aliphatic heterocycles. The summed E-state index contributed by atoms with van der Waals surface area (Å²) in [6.07, 6.45) is -0.446. The van der Waals surface area contributed by atoms with E-state index >= 15 is 0 Å². The third-order valence-corrected chi connectivity index (χ3v) is 3.48. The number of rotatable bonds is 5. The molecule has 0 aromatic heterocycles. The lowest BCUT2D eigenvalue weighted by atomic mass is 9.81. The van der Waals surface area contributed by atoms with Crippen molar-refractivity contribution in [3.63, 3.8) is 0 Å². The van der Waals surface area contributed by atoms with E-state index in [1.165, 1.54) is 0 Å². The van der Waals surface area contributed by atoms with Crippen LogP contribution in [-0.4, -0.2) is 31.9 Å². The van der Waals surface area contributed by atoms with Gasteiger partial charge in [-0.15, -0.1) is 0 Å². The molecule has 0 saturated heterocycles. The molecule has 1 aromatic rings. The molecule has 0 fully saturated rings. The molecule has 22 heavy (non-hydrogen) atoms. The minimum Gasteiger partial charge on any atom is -0.496 e. The number of methoxy groups -OCH3 is 1. The Labute approximate surface area is 133 Å². The summed E-state index contributed by atoms with van der Waals surface area (Å²) in [4.78, 5) is 11.9. The van der Waals surface area contributed by atoms with Crippen LogP contribution in [0.25, 0.3) is 0 Å². The van der Waals surface area contributed by atoms with Gasteiger partial charge in [0.1, 0.15) is 11.4 Å². The molecule has 0 aliphatic rings. The quantitative estimate of drug-likeness (QED) is 0.877. The summed E-state index contributed by atoms with van der Waals surface area (Å²) in [5.74, 6) is 0.768. The van der Waals surface area contributed by atoms with Gasteiger partial charge in [0.15, 0.2) is 0 Å². The monoisotopic (exact) mass is 308 g/mol. The third-order valence-electron chi connectivity index (χ3n) is 3.48. The summed E-state index contributed by atoms with van der Waals surface area (Å²) in [7, 11) is 1.63. The second kappa shape index (κ2) is 7.01. The molecule has 1 rings (SSSR count). The number of amides is 1. The van der Waals surface area contributed by atoms with E-state index < -0.39 is 17.1 Å². The van der Waals surface area contributed by atoms with Crippen molar-refractivity contribution in [2.45, 2.75) is 45.6 Å². The molecule has 3 N–H and O–H groups in total. The van der Waals surface area contributed by atoms with Crippen LogP contribution < -0.4 is 15.8 Å². The second-order valence-electron chi connectivity index (χ2n) is 6.82. The van der Waals surface area contributed by atoms with Gasteiger partial charge in [0, 0.05) is 24.1 Å². The summed E-state index contributed by atoms with van der Waals surface area (Å²) in [6, 6.07) is 5.95. The standard InChI is InChI=1S/C17H28N2O3/c1-12-7-8-14(21-6)13(9-12)17(5,10-18)11-19-15(20)22-16(2,3)4/h7-9H,10-11,18H2,1-6H3,(H,19,20). The average molecular weight is 308 g/mol. The molecule has 0 bridgehead atoms. The average Bonchev–Trinajstić information content (AvgIpc) is 2.43. The SMILES string of the molecule is COc1ccc(C)cc1C(C)(CN)CNC(=O)OC(C)(C)C. The molecule has 1 aromatic carbocycles. The highest BCUT2D eigenvalue weighted by atomic mass is 16.6. The molecule has 0 aliphatic carbocycles. The Kier molecular flexibility index (Phi) is 5.83. The first-order valence-corrected chi connectivity index (χ1v) is 7.43. The van der Waals surface area contributed by atoms with Crippen molar-refractivity contribution in [2.24, 2.45) is 5.73 Å². The van der Waals surface area contributed by atoms with E-state index in [1.54, 1.807) is 7.11 Å². The maximum atomic E-state index is 11.9. The third kappa shape index (κ3) is 4.91. The fourth-order valence-corrected chi connectivity index (χ4v) is 2.15. The van der Waals surface area contributed by atoms with Crippen LogP contribution in [-0.2, 0) is 10.2 Å². The van der Waals surface area contributed by atoms with Crippen molar-refractivity contribution in [3.05, 3.63) is 29.3 Å². The molecule has 0 spiro atoms. The van der Waals surface area contributed by atoms with Crippen LogP contribution in [0.1, 0.15) is 38.8 Å². The summed E-state index contributed by atoms with van der Waals surface area (Å²) < 4.78 is 10.7. The zero-order valence-corrected chi connectivity index (χ0v) is 14.4. The van der Waals surface area contributed by atoms with Crippen molar-refractivity contribution < 1.29 is 14.3 Å². The fourth-order valence-electron chi connectivity index (χ4n) is 2.15. The predicted molar refractivity (Wildman–Crippen MR) is 88.4 cm³/mol. The van der Waals surface area contributed by atoms with Crippen LogP contribution >= 0.6 is 0 Å². The molecule has 0 heterocycles. The lowest BCUT2D eigenvalue weighted by Crippen LogP contribution is -2.45. The summed E-state index contributed by atoms with van der Waals surface area (Å²) in [6.45, 7) is 10.3. The topological polar surface area (TPSA) is 73.6 Å². The number of hydrogen-bond donors (Lipinski definition) is 2. The van der Waals surface area contributed by atoms with Gasteiger partial charge in [0.2, 0.25) is 0 Å². The number of ether oxygens (including phenoxy) is 2. The molecule has 1 amide bonds. The molecule has 5 heteroatoms. The van der Waals surface area contributed by atoms with Crippen LogP contribution in [0.5, 0.6) is 5.75 Å². The zero-order chi connectivity index (χ0) is 17.0. The lowest BCUT2D eigenvalue weighted by molar-refractivity contribution is 0.0516. The number of nitrogens with two attached hydrogens (primary N) is 1. The first-order chi connectivity index (χ1) is 10.1. The predicted octanol–water partition coefficient (Wildman–Crippen LogP) is 2.74. The van der Waals surface area contributed by atoms with Crippen LogP contribution in [0, 0.1) is 6.92 Å². The van der Waals surface area contributed by atoms with Crippen molar-refractivity contribution in [2.75, 3.05) is 20.2 Å². The Balaban J connectivity index is 2.93. The molecule has 0 saturated carbocycles. The van der Waals surface area contributed by atoms with E-state index in [-0.39, 0.29) is 0 Å². The molecule has 124 valence electrons. The number of carbonyl (C=O) groups is 1. The molecule has 5 nitrogen and oxygen atoms in total. The summed E-state index contributed by atoms with van der Waals surface area (Å²) in [5, 5.41) is 2.80. The number of benzene rings is 1. The van der Waals surface area contributed by atoms with Gasteiger partial charge in [-0.1, -0.05) is 24.6 Å². The van der Waals surface area contributed by atoms with E-state index in [4.69, 9.17) is 15.2 Å². The molecule has 1 atom stereocenters. The van der Waals surface area contributed by atoms with E-state index in [9.17, 15) is 4.79 Å². The van der Waals surface area contributed by atoms with Gasteiger partial charge in [-0.2, -0.15) is 0 Å². The minimum absolute atomic E-state index is 0.373. The van der Waals surface area contributed by atoms with Crippen molar-refractivity contribution in [3.8, 4) is 5.75 Å². The Morgan fingerprint density at radius 1 is 1.27 bits per heavy atom. The maximum Gasteiger partial charge on any atom is 0.407 e. The highest BCUT2D eigenvalue weighted by Gasteiger charge is 2.30. The van der Waals surface area contributed by atoms with Crippen molar-refractivity contribution in [1.82, 2.24) is 5.32 Å². The molecule has 1 unspecified atom stereocenters. The van der Waals surface area contributed by atoms with E-state index in [1.807, 2.05) is 52.8 Å². The highest BCUT2D eigenvalue weighted by molar-refractivity contribution is 5.68. The van der Waals surface area contributed by atoms with Crippen LogP contribution in [0.2, 0.25) is 0 Å². The van der Waals surface area contributed by atoms with Gasteiger partial charge in [-0.25, -0.2) is 4.79 Å². The summed E-state index contributed by atoms with van der Waals surface area (Å²) >= 11 is 0. The minimum atomic E-state index is -0.524. The Morgan fingerprint density at radius 2 is 1.91 bits per heavy atom. The number of alkyl carbamates (subject to hydrolysis) is 1. The van der Waals surface area contributed by atoms with Crippen LogP contribution in [0.3, 0.4) is 0 Å². The maximum absolute atomic E-state index is 11.9. The first kappa shape index (κ1) is 18.3. The van der Waals surface area contributed by atoms with Crippen molar-refractivity contribution >= 4 is 6.09 Å². The van der Waals surface area contributed by atoms with Gasteiger partial charge in [-0.05, 0) is 33.8 Å². The van der Waals surface area contributed by atoms with Crippen LogP contribution in [0.15, 0.2) is 18.2 Å². The zero-order valence-electron chi connectivity index (χ0n) is 14.4. The van der Waals surface area contributed by atoms with Crippen molar-refractivity contribution in [1.29, 1.82) is 0 Å².